The van der Waals surface area contributed by atoms with Crippen molar-refractivity contribution in [1.82, 2.24) is 4.72 Å². The van der Waals surface area contributed by atoms with Crippen molar-refractivity contribution < 1.29 is 27.1 Å². The Balaban J connectivity index is 1.88. The summed E-state index contributed by atoms with van der Waals surface area (Å²) in [7, 11) is -3.76. The quantitative estimate of drug-likeness (QED) is 0.537. The first-order valence-electron chi connectivity index (χ1n) is 8.66. The van der Waals surface area contributed by atoms with E-state index in [1.165, 1.54) is 25.1 Å². The summed E-state index contributed by atoms with van der Waals surface area (Å²) in [6, 6.07) is 9.85. The van der Waals surface area contributed by atoms with E-state index in [0.29, 0.717) is 5.56 Å². The molecule has 8 heteroatoms. The van der Waals surface area contributed by atoms with Crippen LogP contribution in [-0.4, -0.2) is 32.8 Å². The minimum Gasteiger partial charge on any atom is -0.454 e. The van der Waals surface area contributed by atoms with Gasteiger partial charge in [-0.05, 0) is 56.7 Å². The predicted octanol–water partition coefficient (Wildman–Crippen LogP) is 2.93. The fourth-order valence-corrected chi connectivity index (χ4v) is 3.88. The number of sulfonamides is 1. The molecule has 0 spiro atoms. The average molecular weight is 407 g/mol. The van der Waals surface area contributed by atoms with E-state index in [2.05, 4.69) is 4.72 Å². The van der Waals surface area contributed by atoms with Gasteiger partial charge in [0.05, 0.1) is 11.3 Å². The van der Waals surface area contributed by atoms with E-state index < -0.39 is 33.7 Å². The topological polar surface area (TPSA) is 89.5 Å². The molecule has 150 valence electrons. The lowest BCUT2D eigenvalue weighted by atomic mass is 10.1. The van der Waals surface area contributed by atoms with Gasteiger partial charge in [-0.3, -0.25) is 9.59 Å². The minimum atomic E-state index is -3.76. The van der Waals surface area contributed by atoms with Gasteiger partial charge in [-0.2, -0.15) is 0 Å². The molecule has 1 N–H and O–H groups in total. The normalized spacial score (nSPS) is 12.4. The molecule has 2 aromatic rings. The number of hydrogen-bond donors (Lipinski definition) is 1. The maximum atomic E-state index is 12.9. The van der Waals surface area contributed by atoms with E-state index in [0.717, 1.165) is 17.7 Å². The fourth-order valence-electron chi connectivity index (χ4n) is 2.62. The molecule has 0 saturated carbocycles. The Morgan fingerprint density at radius 2 is 1.75 bits per heavy atom. The Morgan fingerprint density at radius 1 is 1.11 bits per heavy atom. The summed E-state index contributed by atoms with van der Waals surface area (Å²) in [4.78, 5) is 24.2. The van der Waals surface area contributed by atoms with Crippen molar-refractivity contribution in [2.75, 3.05) is 6.54 Å². The smallest absolute Gasteiger partial charge is 0.307 e. The molecule has 0 amide bonds. The van der Waals surface area contributed by atoms with Crippen molar-refractivity contribution in [3.8, 4) is 0 Å². The molecule has 0 radical (unpaired) electrons. The number of ether oxygens (including phenoxy) is 1. The van der Waals surface area contributed by atoms with Crippen LogP contribution in [0, 0.1) is 19.7 Å². The van der Waals surface area contributed by atoms with Gasteiger partial charge in [-0.1, -0.05) is 17.7 Å². The Hall–Kier alpha value is -2.58. The van der Waals surface area contributed by atoms with Gasteiger partial charge in [0, 0.05) is 12.1 Å². The number of rotatable bonds is 8. The number of benzene rings is 2. The molecule has 1 atom stereocenters. The molecular weight excluding hydrogens is 385 g/mol. The first kappa shape index (κ1) is 21.7. The number of esters is 1. The van der Waals surface area contributed by atoms with Crippen LogP contribution < -0.4 is 4.72 Å². The number of Topliss-reactive ketones (excluding diaryl/α,β-unsaturated/α-hetero) is 1. The lowest BCUT2D eigenvalue weighted by molar-refractivity contribution is -0.146. The van der Waals surface area contributed by atoms with Crippen LogP contribution in [-0.2, 0) is 19.6 Å². The van der Waals surface area contributed by atoms with Gasteiger partial charge < -0.3 is 4.74 Å². The van der Waals surface area contributed by atoms with E-state index in [9.17, 15) is 22.4 Å². The highest BCUT2D eigenvalue weighted by atomic mass is 32.2. The molecule has 0 aliphatic carbocycles. The zero-order chi connectivity index (χ0) is 20.9. The Labute approximate surface area is 163 Å². The van der Waals surface area contributed by atoms with Crippen molar-refractivity contribution in [3.63, 3.8) is 0 Å². The molecule has 0 saturated heterocycles. The Bertz CT molecular complexity index is 971. The number of halogens is 1. The second-order valence-corrected chi connectivity index (χ2v) is 8.16. The van der Waals surface area contributed by atoms with Crippen LogP contribution in [0.15, 0.2) is 47.4 Å². The van der Waals surface area contributed by atoms with E-state index in [4.69, 9.17) is 4.74 Å². The Morgan fingerprint density at radius 3 is 2.36 bits per heavy atom. The fraction of sp³-hybridized carbons (Fsp3) is 0.300. The number of nitrogens with one attached hydrogen (secondary N) is 1. The lowest BCUT2D eigenvalue weighted by Crippen LogP contribution is -2.29. The van der Waals surface area contributed by atoms with Crippen molar-refractivity contribution in [3.05, 3.63) is 65.0 Å². The highest BCUT2D eigenvalue weighted by Crippen LogP contribution is 2.16. The van der Waals surface area contributed by atoms with Crippen molar-refractivity contribution >= 4 is 21.8 Å². The largest absolute Gasteiger partial charge is 0.454 e. The van der Waals surface area contributed by atoms with Crippen LogP contribution in [0.25, 0.3) is 0 Å². The average Bonchev–Trinajstić information content (AvgIpc) is 2.61. The second kappa shape index (κ2) is 9.07. The van der Waals surface area contributed by atoms with Gasteiger partial charge in [0.25, 0.3) is 0 Å². The first-order valence-corrected chi connectivity index (χ1v) is 10.1. The van der Waals surface area contributed by atoms with Gasteiger partial charge in [-0.25, -0.2) is 17.5 Å². The summed E-state index contributed by atoms with van der Waals surface area (Å²) < 4.78 is 45.0. The third-order valence-electron chi connectivity index (χ3n) is 4.05. The highest BCUT2D eigenvalue weighted by molar-refractivity contribution is 7.89. The summed E-state index contributed by atoms with van der Waals surface area (Å²) in [5.41, 5.74) is 1.77. The first-order chi connectivity index (χ1) is 13.1. The summed E-state index contributed by atoms with van der Waals surface area (Å²) in [5, 5.41) is 0. The molecule has 2 rings (SSSR count). The maximum absolute atomic E-state index is 12.9. The van der Waals surface area contributed by atoms with Gasteiger partial charge in [0.15, 0.2) is 6.10 Å². The molecule has 0 bridgehead atoms. The van der Waals surface area contributed by atoms with Crippen molar-refractivity contribution in [1.29, 1.82) is 0 Å². The summed E-state index contributed by atoms with van der Waals surface area (Å²) in [6.45, 7) is 4.80. The van der Waals surface area contributed by atoms with Crippen LogP contribution in [0.1, 0.15) is 34.8 Å². The van der Waals surface area contributed by atoms with Crippen LogP contribution in [0.3, 0.4) is 0 Å². The molecule has 6 nitrogen and oxygen atoms in total. The Kier molecular flexibility index (Phi) is 7.04. The van der Waals surface area contributed by atoms with Crippen LogP contribution in [0.5, 0.6) is 0 Å². The van der Waals surface area contributed by atoms with E-state index in [-0.39, 0.29) is 23.4 Å². The van der Waals surface area contributed by atoms with E-state index >= 15 is 0 Å². The molecule has 0 heterocycles. The molecule has 0 fully saturated rings. The molecule has 0 aliphatic rings. The third kappa shape index (κ3) is 5.71. The highest BCUT2D eigenvalue weighted by Gasteiger charge is 2.21. The molecule has 28 heavy (non-hydrogen) atoms. The minimum absolute atomic E-state index is 0.145. The third-order valence-corrected chi connectivity index (χ3v) is 5.67. The van der Waals surface area contributed by atoms with E-state index in [1.54, 1.807) is 19.1 Å². The molecular formula is C20H22FNO5S. The second-order valence-electron chi connectivity index (χ2n) is 6.42. The predicted molar refractivity (Wildman–Crippen MR) is 102 cm³/mol. The monoisotopic (exact) mass is 407 g/mol. The number of carbonyl (C=O) groups excluding carboxylic acids is 2. The van der Waals surface area contributed by atoms with Gasteiger partial charge in [0.2, 0.25) is 15.8 Å². The van der Waals surface area contributed by atoms with Crippen molar-refractivity contribution in [2.45, 2.75) is 38.2 Å². The van der Waals surface area contributed by atoms with E-state index in [1.807, 2.05) is 6.92 Å². The van der Waals surface area contributed by atoms with Crippen LogP contribution >= 0.6 is 0 Å². The number of carbonyl (C=O) groups is 2. The van der Waals surface area contributed by atoms with Gasteiger partial charge in [0.1, 0.15) is 5.82 Å². The molecule has 2 aromatic carbocycles. The van der Waals surface area contributed by atoms with Gasteiger partial charge in [-0.15, -0.1) is 0 Å². The summed E-state index contributed by atoms with van der Waals surface area (Å²) in [5.74, 6) is -1.66. The standard InChI is InChI=1S/C20H22FNO5S/c1-13-4-9-18(14(2)12-13)28(25,26)22-11-10-19(23)27-15(3)20(24)16-5-7-17(21)8-6-16/h4-9,12,15,22H,10-11H2,1-3H3/t15-/m0/s1. The molecule has 0 aliphatic heterocycles. The zero-order valence-corrected chi connectivity index (χ0v) is 16.7. The van der Waals surface area contributed by atoms with Crippen molar-refractivity contribution in [2.24, 2.45) is 0 Å². The summed E-state index contributed by atoms with van der Waals surface area (Å²) >= 11 is 0. The number of hydrogen-bond acceptors (Lipinski definition) is 5. The molecule has 0 aromatic heterocycles. The number of ketones is 1. The van der Waals surface area contributed by atoms with Crippen LogP contribution in [0.2, 0.25) is 0 Å². The maximum Gasteiger partial charge on any atom is 0.307 e. The summed E-state index contributed by atoms with van der Waals surface area (Å²) in [6.07, 6.45) is -1.29. The zero-order valence-electron chi connectivity index (χ0n) is 15.9. The van der Waals surface area contributed by atoms with Crippen LogP contribution in [0.4, 0.5) is 4.39 Å². The number of aryl methyl sites for hydroxylation is 2. The van der Waals surface area contributed by atoms with Gasteiger partial charge >= 0.3 is 5.97 Å². The lowest BCUT2D eigenvalue weighted by Gasteiger charge is -2.13. The SMILES string of the molecule is Cc1ccc(S(=O)(=O)NCCC(=O)O[C@@H](C)C(=O)c2ccc(F)cc2)c(C)c1. The molecule has 0 unspecified atom stereocenters.